The molecule has 1 aliphatic carbocycles. The fourth-order valence-electron chi connectivity index (χ4n) is 2.04. The summed E-state index contributed by atoms with van der Waals surface area (Å²) in [6, 6.07) is 4.04. The molecule has 0 aromatic carbocycles. The van der Waals surface area contributed by atoms with E-state index >= 15 is 0 Å². The van der Waals surface area contributed by atoms with Crippen LogP contribution in [-0.4, -0.2) is 6.54 Å². The zero-order chi connectivity index (χ0) is 11.2. The Morgan fingerprint density at radius 1 is 1.31 bits per heavy atom. The van der Waals surface area contributed by atoms with Crippen LogP contribution in [0, 0.1) is 3.77 Å². The Labute approximate surface area is 111 Å². The van der Waals surface area contributed by atoms with Gasteiger partial charge in [-0.15, -0.1) is 0 Å². The van der Waals surface area contributed by atoms with Crippen LogP contribution in [0.1, 0.15) is 37.9 Å². The zero-order valence-corrected chi connectivity index (χ0v) is 11.6. The molecule has 3 heteroatoms. The highest BCUT2D eigenvalue weighted by Crippen LogP contribution is 2.19. The first-order valence-corrected chi connectivity index (χ1v) is 7.05. The lowest BCUT2D eigenvalue weighted by molar-refractivity contribution is 0.463. The summed E-state index contributed by atoms with van der Waals surface area (Å²) < 4.78 is 6.45. The van der Waals surface area contributed by atoms with Gasteiger partial charge in [0, 0.05) is 0 Å². The second-order valence-electron chi connectivity index (χ2n) is 4.24. The van der Waals surface area contributed by atoms with Crippen molar-refractivity contribution in [2.75, 3.05) is 6.54 Å². The van der Waals surface area contributed by atoms with Gasteiger partial charge in [-0.2, -0.15) is 0 Å². The van der Waals surface area contributed by atoms with Crippen LogP contribution in [0.5, 0.6) is 0 Å². The topological polar surface area (TPSA) is 25.2 Å². The van der Waals surface area contributed by atoms with Crippen LogP contribution in [0.25, 0.3) is 0 Å². The van der Waals surface area contributed by atoms with E-state index in [-0.39, 0.29) is 0 Å². The van der Waals surface area contributed by atoms with Crippen molar-refractivity contribution < 1.29 is 4.42 Å². The summed E-state index contributed by atoms with van der Waals surface area (Å²) in [4.78, 5) is 0. The van der Waals surface area contributed by atoms with Crippen LogP contribution in [0.4, 0.5) is 0 Å². The Hall–Kier alpha value is -0.290. The molecular weight excluding hydrogens is 313 g/mol. The zero-order valence-electron chi connectivity index (χ0n) is 9.47. The first-order valence-electron chi connectivity index (χ1n) is 5.97. The van der Waals surface area contributed by atoms with Crippen LogP contribution in [0.3, 0.4) is 0 Å². The van der Waals surface area contributed by atoms with Crippen LogP contribution in [0.2, 0.25) is 0 Å². The summed E-state index contributed by atoms with van der Waals surface area (Å²) in [6.07, 6.45) is 8.95. The summed E-state index contributed by atoms with van der Waals surface area (Å²) in [5.41, 5.74) is 1.63. The van der Waals surface area contributed by atoms with Gasteiger partial charge in [0.15, 0.2) is 3.77 Å². The lowest BCUT2D eigenvalue weighted by Gasteiger charge is -2.12. The van der Waals surface area contributed by atoms with Gasteiger partial charge in [-0.3, -0.25) is 0 Å². The van der Waals surface area contributed by atoms with Crippen molar-refractivity contribution in [3.8, 4) is 0 Å². The molecule has 1 aromatic rings. The maximum atomic E-state index is 5.49. The van der Waals surface area contributed by atoms with Crippen molar-refractivity contribution in [3.05, 3.63) is 33.3 Å². The first kappa shape index (κ1) is 12.2. The molecule has 1 heterocycles. The number of allylic oxidation sites excluding steroid dienone is 1. The van der Waals surface area contributed by atoms with E-state index in [2.05, 4.69) is 34.0 Å². The third-order valence-corrected chi connectivity index (χ3v) is 3.52. The molecule has 0 saturated heterocycles. The van der Waals surface area contributed by atoms with Gasteiger partial charge in [-0.05, 0) is 73.4 Å². The molecule has 0 saturated carbocycles. The fraction of sp³-hybridized carbons (Fsp3) is 0.538. The highest BCUT2D eigenvalue weighted by Gasteiger charge is 2.03. The maximum Gasteiger partial charge on any atom is 0.164 e. The number of furan rings is 1. The summed E-state index contributed by atoms with van der Waals surface area (Å²) in [5, 5.41) is 3.42. The summed E-state index contributed by atoms with van der Waals surface area (Å²) in [7, 11) is 0. The fourth-order valence-corrected chi connectivity index (χ4v) is 2.50. The lowest BCUT2D eigenvalue weighted by Crippen LogP contribution is -2.15. The molecule has 88 valence electrons. The van der Waals surface area contributed by atoms with E-state index in [1.165, 1.54) is 32.1 Å². The van der Waals surface area contributed by atoms with E-state index < -0.39 is 0 Å². The molecule has 0 atom stereocenters. The molecule has 0 amide bonds. The predicted molar refractivity (Wildman–Crippen MR) is 74.3 cm³/mol. The van der Waals surface area contributed by atoms with Gasteiger partial charge in [0.25, 0.3) is 0 Å². The highest BCUT2D eigenvalue weighted by molar-refractivity contribution is 14.1. The van der Waals surface area contributed by atoms with Crippen LogP contribution in [-0.2, 0) is 6.54 Å². The van der Waals surface area contributed by atoms with E-state index in [1.807, 2.05) is 12.1 Å². The minimum atomic E-state index is 0.844. The van der Waals surface area contributed by atoms with E-state index in [0.717, 1.165) is 22.6 Å². The standard InChI is InChI=1S/C13H18INO/c14-13-7-6-12(16-13)10-15-9-8-11-4-2-1-3-5-11/h4,6-7,15H,1-3,5,8-10H2. The van der Waals surface area contributed by atoms with Crippen LogP contribution < -0.4 is 5.32 Å². The molecule has 0 unspecified atom stereocenters. The van der Waals surface area contributed by atoms with E-state index in [0.29, 0.717) is 0 Å². The maximum absolute atomic E-state index is 5.49. The molecule has 1 N–H and O–H groups in total. The quantitative estimate of drug-likeness (QED) is 0.503. The minimum absolute atomic E-state index is 0.844. The summed E-state index contributed by atoms with van der Waals surface area (Å²) in [6.45, 7) is 1.90. The average Bonchev–Trinajstić information content (AvgIpc) is 2.72. The summed E-state index contributed by atoms with van der Waals surface area (Å²) in [5.74, 6) is 1.03. The van der Waals surface area contributed by atoms with Crippen LogP contribution >= 0.6 is 22.6 Å². The van der Waals surface area contributed by atoms with Crippen molar-refractivity contribution in [3.63, 3.8) is 0 Å². The largest absolute Gasteiger partial charge is 0.454 e. The molecule has 0 fully saturated rings. The highest BCUT2D eigenvalue weighted by atomic mass is 127. The number of nitrogens with one attached hydrogen (secondary N) is 1. The Bertz CT molecular complexity index is 357. The SMILES string of the molecule is Ic1ccc(CNCCC2=CCCCC2)o1. The lowest BCUT2D eigenvalue weighted by atomic mass is 9.97. The smallest absolute Gasteiger partial charge is 0.164 e. The summed E-state index contributed by atoms with van der Waals surface area (Å²) >= 11 is 2.19. The third-order valence-electron chi connectivity index (χ3n) is 2.94. The molecule has 0 bridgehead atoms. The monoisotopic (exact) mass is 331 g/mol. The van der Waals surface area contributed by atoms with E-state index in [9.17, 15) is 0 Å². The molecule has 2 rings (SSSR count). The Morgan fingerprint density at radius 3 is 2.94 bits per heavy atom. The minimum Gasteiger partial charge on any atom is -0.454 e. The van der Waals surface area contributed by atoms with Crippen LogP contribution in [0.15, 0.2) is 28.2 Å². The number of hydrogen-bond acceptors (Lipinski definition) is 2. The Kier molecular flexibility index (Phi) is 4.91. The third kappa shape index (κ3) is 3.94. The average molecular weight is 331 g/mol. The molecule has 1 aromatic heterocycles. The number of halogens is 1. The number of rotatable bonds is 5. The van der Waals surface area contributed by atoms with Crippen molar-refractivity contribution in [1.82, 2.24) is 5.32 Å². The molecule has 0 aliphatic heterocycles. The van der Waals surface area contributed by atoms with Gasteiger partial charge in [-0.25, -0.2) is 0 Å². The molecule has 1 aliphatic rings. The number of hydrogen-bond donors (Lipinski definition) is 1. The molecule has 16 heavy (non-hydrogen) atoms. The molecule has 0 spiro atoms. The first-order chi connectivity index (χ1) is 7.84. The second-order valence-corrected chi connectivity index (χ2v) is 5.30. The van der Waals surface area contributed by atoms with Gasteiger partial charge in [0.2, 0.25) is 0 Å². The van der Waals surface area contributed by atoms with Crippen molar-refractivity contribution in [2.45, 2.75) is 38.6 Å². The Morgan fingerprint density at radius 2 is 2.25 bits per heavy atom. The normalized spacial score (nSPS) is 16.2. The van der Waals surface area contributed by atoms with Gasteiger partial charge < -0.3 is 9.73 Å². The van der Waals surface area contributed by atoms with Gasteiger partial charge in [0.05, 0.1) is 6.54 Å². The van der Waals surface area contributed by atoms with Gasteiger partial charge in [0.1, 0.15) is 5.76 Å². The van der Waals surface area contributed by atoms with Crippen molar-refractivity contribution in [1.29, 1.82) is 0 Å². The molecular formula is C13H18INO. The van der Waals surface area contributed by atoms with Crippen molar-refractivity contribution >= 4 is 22.6 Å². The van der Waals surface area contributed by atoms with Gasteiger partial charge >= 0.3 is 0 Å². The Balaban J connectivity index is 1.63. The molecule has 0 radical (unpaired) electrons. The van der Waals surface area contributed by atoms with E-state index in [1.54, 1.807) is 5.57 Å². The second kappa shape index (κ2) is 6.45. The van der Waals surface area contributed by atoms with Crippen molar-refractivity contribution in [2.24, 2.45) is 0 Å². The predicted octanol–water partition coefficient (Wildman–Crippen LogP) is 3.86. The van der Waals surface area contributed by atoms with Gasteiger partial charge in [-0.1, -0.05) is 11.6 Å². The molecule has 2 nitrogen and oxygen atoms in total. The van der Waals surface area contributed by atoms with E-state index in [4.69, 9.17) is 4.42 Å².